The summed E-state index contributed by atoms with van der Waals surface area (Å²) < 4.78 is 0. The van der Waals surface area contributed by atoms with Gasteiger partial charge in [-0.25, -0.2) is 0 Å². The van der Waals surface area contributed by atoms with E-state index in [1.807, 2.05) is 0 Å². The summed E-state index contributed by atoms with van der Waals surface area (Å²) in [6.07, 6.45) is 1.09. The van der Waals surface area contributed by atoms with Gasteiger partial charge in [0, 0.05) is 5.54 Å². The summed E-state index contributed by atoms with van der Waals surface area (Å²) in [5.74, 6) is 0.683. The maximum absolute atomic E-state index is 5.93. The Bertz CT molecular complexity index is 114. The highest BCUT2D eigenvalue weighted by Crippen LogP contribution is 2.30. The zero-order valence-corrected chi connectivity index (χ0v) is 8.86. The minimum Gasteiger partial charge on any atom is -0.326 e. The van der Waals surface area contributed by atoms with Gasteiger partial charge in [0.05, 0.1) is 0 Å². The highest BCUT2D eigenvalue weighted by Gasteiger charge is 2.24. The van der Waals surface area contributed by atoms with Gasteiger partial charge in [0.15, 0.2) is 0 Å². The summed E-state index contributed by atoms with van der Waals surface area (Å²) in [4.78, 5) is 0. The van der Waals surface area contributed by atoms with Crippen LogP contribution in [0.15, 0.2) is 0 Å². The molecule has 0 aromatic carbocycles. The number of rotatable bonds is 2. The molecule has 0 aromatic rings. The Morgan fingerprint density at radius 2 is 1.45 bits per heavy atom. The highest BCUT2D eigenvalue weighted by atomic mass is 14.7. The topological polar surface area (TPSA) is 26.0 Å². The minimum absolute atomic E-state index is 0.0211. The third-order valence-corrected chi connectivity index (χ3v) is 2.31. The van der Waals surface area contributed by atoms with Crippen LogP contribution >= 0.6 is 0 Å². The molecule has 0 aromatic heterocycles. The van der Waals surface area contributed by atoms with Crippen LogP contribution in [0.3, 0.4) is 0 Å². The molecule has 0 fully saturated rings. The zero-order chi connectivity index (χ0) is 9.28. The van der Waals surface area contributed by atoms with Crippen molar-refractivity contribution >= 4 is 0 Å². The molecular weight excluding hydrogens is 134 g/mol. The van der Waals surface area contributed by atoms with Crippen molar-refractivity contribution in [3.8, 4) is 0 Å². The maximum Gasteiger partial charge on any atom is 0.00997 e. The van der Waals surface area contributed by atoms with Gasteiger partial charge in [0.1, 0.15) is 0 Å². The molecule has 0 bridgehead atoms. The highest BCUT2D eigenvalue weighted by molar-refractivity contribution is 4.80. The van der Waals surface area contributed by atoms with E-state index < -0.39 is 0 Å². The van der Waals surface area contributed by atoms with Crippen molar-refractivity contribution in [2.75, 3.05) is 0 Å². The Kier molecular flexibility index (Phi) is 3.13. The zero-order valence-electron chi connectivity index (χ0n) is 8.86. The van der Waals surface area contributed by atoms with Crippen molar-refractivity contribution in [3.05, 3.63) is 0 Å². The SMILES string of the molecule is C[C@H](CC(C)(C)N)C(C)(C)C. The fourth-order valence-corrected chi connectivity index (χ4v) is 1.10. The summed E-state index contributed by atoms with van der Waals surface area (Å²) in [6.45, 7) is 13.3. The Morgan fingerprint density at radius 3 is 1.55 bits per heavy atom. The molecule has 0 aliphatic heterocycles. The van der Waals surface area contributed by atoms with Crippen molar-refractivity contribution in [1.82, 2.24) is 0 Å². The Morgan fingerprint density at radius 1 is 1.09 bits per heavy atom. The molecule has 1 nitrogen and oxygen atoms in total. The van der Waals surface area contributed by atoms with E-state index in [4.69, 9.17) is 5.73 Å². The van der Waals surface area contributed by atoms with Crippen LogP contribution in [0.1, 0.15) is 48.0 Å². The average molecular weight is 157 g/mol. The van der Waals surface area contributed by atoms with Crippen molar-refractivity contribution in [1.29, 1.82) is 0 Å². The lowest BCUT2D eigenvalue weighted by Gasteiger charge is -2.32. The number of nitrogens with two attached hydrogens (primary N) is 1. The van der Waals surface area contributed by atoms with Crippen LogP contribution in [0.25, 0.3) is 0 Å². The molecule has 0 unspecified atom stereocenters. The monoisotopic (exact) mass is 157 g/mol. The van der Waals surface area contributed by atoms with Gasteiger partial charge >= 0.3 is 0 Å². The first-order valence-electron chi connectivity index (χ1n) is 4.42. The first kappa shape index (κ1) is 11.0. The third kappa shape index (κ3) is 5.25. The Hall–Kier alpha value is -0.0400. The Labute approximate surface area is 71.4 Å². The molecule has 2 N–H and O–H groups in total. The van der Waals surface area contributed by atoms with Gasteiger partial charge in [-0.3, -0.25) is 0 Å². The van der Waals surface area contributed by atoms with E-state index in [2.05, 4.69) is 41.5 Å². The van der Waals surface area contributed by atoms with Gasteiger partial charge in [-0.05, 0) is 31.6 Å². The van der Waals surface area contributed by atoms with Gasteiger partial charge in [-0.2, -0.15) is 0 Å². The fourth-order valence-electron chi connectivity index (χ4n) is 1.10. The van der Waals surface area contributed by atoms with Crippen molar-refractivity contribution in [2.45, 2.75) is 53.5 Å². The van der Waals surface area contributed by atoms with E-state index in [9.17, 15) is 0 Å². The molecule has 1 heteroatoms. The van der Waals surface area contributed by atoms with Crippen LogP contribution in [0.2, 0.25) is 0 Å². The van der Waals surface area contributed by atoms with Crippen LogP contribution in [0.4, 0.5) is 0 Å². The van der Waals surface area contributed by atoms with E-state index in [1.165, 1.54) is 0 Å². The van der Waals surface area contributed by atoms with Crippen molar-refractivity contribution in [2.24, 2.45) is 17.1 Å². The molecular formula is C10H23N. The maximum atomic E-state index is 5.93. The van der Waals surface area contributed by atoms with Crippen molar-refractivity contribution < 1.29 is 0 Å². The van der Waals surface area contributed by atoms with Gasteiger partial charge in [-0.15, -0.1) is 0 Å². The minimum atomic E-state index is -0.0211. The van der Waals surface area contributed by atoms with Gasteiger partial charge in [-0.1, -0.05) is 27.7 Å². The summed E-state index contributed by atoms with van der Waals surface area (Å²) in [7, 11) is 0. The number of hydrogen-bond acceptors (Lipinski definition) is 1. The molecule has 0 saturated carbocycles. The smallest absolute Gasteiger partial charge is 0.00997 e. The van der Waals surface area contributed by atoms with E-state index in [0.717, 1.165) is 6.42 Å². The Balaban J connectivity index is 3.99. The molecule has 0 spiro atoms. The molecule has 0 radical (unpaired) electrons. The molecule has 0 aliphatic rings. The van der Waals surface area contributed by atoms with Gasteiger partial charge in [0.2, 0.25) is 0 Å². The standard InChI is InChI=1S/C10H23N/c1-8(9(2,3)4)7-10(5,6)11/h8H,7,11H2,1-6H3/t8-/m1/s1. The van der Waals surface area contributed by atoms with E-state index >= 15 is 0 Å². The first-order valence-corrected chi connectivity index (χ1v) is 4.42. The van der Waals surface area contributed by atoms with Crippen LogP contribution in [0.5, 0.6) is 0 Å². The molecule has 0 amide bonds. The van der Waals surface area contributed by atoms with E-state index in [-0.39, 0.29) is 5.54 Å². The molecule has 11 heavy (non-hydrogen) atoms. The summed E-state index contributed by atoms with van der Waals surface area (Å²) in [5, 5.41) is 0. The van der Waals surface area contributed by atoms with E-state index in [0.29, 0.717) is 11.3 Å². The number of hydrogen-bond donors (Lipinski definition) is 1. The van der Waals surface area contributed by atoms with Gasteiger partial charge < -0.3 is 5.73 Å². The second-order valence-electron chi connectivity index (χ2n) is 5.46. The lowest BCUT2D eigenvalue weighted by molar-refractivity contribution is 0.210. The second-order valence-corrected chi connectivity index (χ2v) is 5.46. The van der Waals surface area contributed by atoms with Gasteiger partial charge in [0.25, 0.3) is 0 Å². The summed E-state index contributed by atoms with van der Waals surface area (Å²) in [5.41, 5.74) is 6.30. The predicted molar refractivity (Wildman–Crippen MR) is 51.5 cm³/mol. The quantitative estimate of drug-likeness (QED) is 0.655. The van der Waals surface area contributed by atoms with Crippen molar-refractivity contribution in [3.63, 3.8) is 0 Å². The molecule has 0 rings (SSSR count). The van der Waals surface area contributed by atoms with E-state index in [1.54, 1.807) is 0 Å². The molecule has 68 valence electrons. The summed E-state index contributed by atoms with van der Waals surface area (Å²) in [6, 6.07) is 0. The molecule has 0 heterocycles. The average Bonchev–Trinajstić information content (AvgIpc) is 1.56. The predicted octanol–water partition coefficient (Wildman–Crippen LogP) is 2.80. The van der Waals surface area contributed by atoms with Crippen LogP contribution < -0.4 is 5.73 Å². The molecule has 0 aliphatic carbocycles. The van der Waals surface area contributed by atoms with Crippen LogP contribution in [-0.2, 0) is 0 Å². The second kappa shape index (κ2) is 3.14. The summed E-state index contributed by atoms with van der Waals surface area (Å²) >= 11 is 0. The van der Waals surface area contributed by atoms with Crippen LogP contribution in [0, 0.1) is 11.3 Å². The first-order chi connectivity index (χ1) is 4.63. The largest absolute Gasteiger partial charge is 0.326 e. The van der Waals surface area contributed by atoms with Crippen LogP contribution in [-0.4, -0.2) is 5.54 Å². The molecule has 0 saturated heterocycles. The molecule has 1 atom stereocenters. The lowest BCUT2D eigenvalue weighted by atomic mass is 9.76. The normalized spacial score (nSPS) is 16.6. The third-order valence-electron chi connectivity index (χ3n) is 2.31. The lowest BCUT2D eigenvalue weighted by Crippen LogP contribution is -2.36. The fraction of sp³-hybridized carbons (Fsp3) is 1.00.